The number of rotatable bonds is 3. The highest BCUT2D eigenvalue weighted by molar-refractivity contribution is 6.31. The van der Waals surface area contributed by atoms with E-state index in [0.717, 1.165) is 29.0 Å². The van der Waals surface area contributed by atoms with E-state index < -0.39 is 5.97 Å². The van der Waals surface area contributed by atoms with Gasteiger partial charge in [-0.2, -0.15) is 0 Å². The maximum absolute atomic E-state index is 11.6. The van der Waals surface area contributed by atoms with Crippen LogP contribution in [0.3, 0.4) is 0 Å². The quantitative estimate of drug-likeness (QED) is 0.921. The van der Waals surface area contributed by atoms with Gasteiger partial charge in [-0.05, 0) is 49.3 Å². The summed E-state index contributed by atoms with van der Waals surface area (Å²) >= 11 is 6.34. The summed E-state index contributed by atoms with van der Waals surface area (Å²) in [6.07, 6.45) is 5.55. The van der Waals surface area contributed by atoms with Crippen molar-refractivity contribution in [1.82, 2.24) is 4.90 Å². The van der Waals surface area contributed by atoms with Gasteiger partial charge >= 0.3 is 5.97 Å². The average Bonchev–Trinajstić information content (AvgIpc) is 2.81. The third-order valence-corrected chi connectivity index (χ3v) is 5.42. The number of hydrogen-bond donors (Lipinski definition) is 1. The van der Waals surface area contributed by atoms with Gasteiger partial charge in [0.2, 0.25) is 0 Å². The minimum atomic E-state index is -0.687. The highest BCUT2D eigenvalue weighted by atomic mass is 35.5. The van der Waals surface area contributed by atoms with Crippen LogP contribution in [0, 0.1) is 12.8 Å². The number of nitrogens with zero attached hydrogens (tertiary/aromatic N) is 1. The Labute approximate surface area is 130 Å². The first-order valence-electron chi connectivity index (χ1n) is 7.80. The van der Waals surface area contributed by atoms with E-state index >= 15 is 0 Å². The molecule has 2 aliphatic rings. The number of carboxylic acids is 1. The second-order valence-electron chi connectivity index (χ2n) is 6.47. The fourth-order valence-electron chi connectivity index (χ4n) is 4.00. The number of benzene rings is 1. The van der Waals surface area contributed by atoms with Crippen LogP contribution in [0.5, 0.6) is 0 Å². The second kappa shape index (κ2) is 5.98. The molecule has 3 rings (SSSR count). The van der Waals surface area contributed by atoms with Crippen molar-refractivity contribution in [3.05, 3.63) is 34.3 Å². The zero-order valence-electron chi connectivity index (χ0n) is 12.4. The number of carbonyl (C=O) groups is 1. The van der Waals surface area contributed by atoms with E-state index in [0.29, 0.717) is 18.5 Å². The van der Waals surface area contributed by atoms with Crippen LogP contribution in [0.15, 0.2) is 18.2 Å². The first-order chi connectivity index (χ1) is 10.1. The molecule has 2 fully saturated rings. The molecule has 3 unspecified atom stereocenters. The molecule has 0 amide bonds. The van der Waals surface area contributed by atoms with Crippen molar-refractivity contribution in [2.45, 2.75) is 57.7 Å². The topological polar surface area (TPSA) is 40.5 Å². The number of fused-ring (bicyclic) bond motifs is 1. The van der Waals surface area contributed by atoms with Gasteiger partial charge in [0.1, 0.15) is 6.04 Å². The average molecular weight is 308 g/mol. The zero-order chi connectivity index (χ0) is 15.0. The van der Waals surface area contributed by atoms with E-state index in [1.807, 2.05) is 25.1 Å². The SMILES string of the molecule is Cc1ccc(CN2C(C(=O)O)CC3CCCCC32)c(Cl)c1. The maximum atomic E-state index is 11.6. The fraction of sp³-hybridized carbons (Fsp3) is 0.588. The summed E-state index contributed by atoms with van der Waals surface area (Å²) in [6, 6.07) is 6.10. The van der Waals surface area contributed by atoms with Crippen LogP contribution >= 0.6 is 11.6 Å². The molecule has 0 radical (unpaired) electrons. The molecule has 0 spiro atoms. The van der Waals surface area contributed by atoms with Gasteiger partial charge < -0.3 is 5.11 Å². The standard InChI is InChI=1S/C17H22ClNO2/c1-11-6-7-13(14(18)8-11)10-19-15-5-3-2-4-12(15)9-16(19)17(20)21/h6-8,12,15-16H,2-5,9-10H2,1H3,(H,20,21). The Kier molecular flexibility index (Phi) is 4.23. The van der Waals surface area contributed by atoms with Gasteiger partial charge in [0.05, 0.1) is 0 Å². The van der Waals surface area contributed by atoms with E-state index in [-0.39, 0.29) is 6.04 Å². The van der Waals surface area contributed by atoms with E-state index in [9.17, 15) is 9.90 Å². The van der Waals surface area contributed by atoms with E-state index in [1.54, 1.807) is 0 Å². The third kappa shape index (κ3) is 2.95. The highest BCUT2D eigenvalue weighted by Gasteiger charge is 2.45. The molecule has 1 saturated heterocycles. The Morgan fingerprint density at radius 2 is 2.14 bits per heavy atom. The fourth-order valence-corrected chi connectivity index (χ4v) is 4.30. The van der Waals surface area contributed by atoms with Crippen LogP contribution < -0.4 is 0 Å². The number of aliphatic carboxylic acids is 1. The zero-order valence-corrected chi connectivity index (χ0v) is 13.1. The monoisotopic (exact) mass is 307 g/mol. The van der Waals surface area contributed by atoms with Crippen molar-refractivity contribution in [3.8, 4) is 0 Å². The molecular formula is C17H22ClNO2. The normalized spacial score (nSPS) is 29.3. The van der Waals surface area contributed by atoms with Crippen LogP contribution in [-0.2, 0) is 11.3 Å². The van der Waals surface area contributed by atoms with Crippen LogP contribution in [0.2, 0.25) is 5.02 Å². The number of hydrogen-bond acceptors (Lipinski definition) is 2. The summed E-state index contributed by atoms with van der Waals surface area (Å²) in [4.78, 5) is 13.8. The Balaban J connectivity index is 1.84. The van der Waals surface area contributed by atoms with Crippen LogP contribution in [0.4, 0.5) is 0 Å². The van der Waals surface area contributed by atoms with Crippen LogP contribution in [0.1, 0.15) is 43.2 Å². The maximum Gasteiger partial charge on any atom is 0.320 e. The highest BCUT2D eigenvalue weighted by Crippen LogP contribution is 2.41. The Bertz CT molecular complexity index is 546. The molecule has 0 aromatic heterocycles. The lowest BCUT2D eigenvalue weighted by atomic mass is 9.84. The lowest BCUT2D eigenvalue weighted by Crippen LogP contribution is -2.41. The van der Waals surface area contributed by atoms with Gasteiger partial charge in [-0.25, -0.2) is 0 Å². The predicted octanol–water partition coefficient (Wildman–Crippen LogP) is 3.87. The Hall–Kier alpha value is -1.06. The van der Waals surface area contributed by atoms with Crippen LogP contribution in [-0.4, -0.2) is 28.1 Å². The first kappa shape index (κ1) is 14.9. The van der Waals surface area contributed by atoms with Crippen molar-refractivity contribution >= 4 is 17.6 Å². The summed E-state index contributed by atoms with van der Waals surface area (Å²) in [5.74, 6) is -0.142. The molecular weight excluding hydrogens is 286 g/mol. The molecule has 1 aromatic carbocycles. The Morgan fingerprint density at radius 1 is 1.38 bits per heavy atom. The molecule has 4 heteroatoms. The van der Waals surface area contributed by atoms with Crippen molar-refractivity contribution in [3.63, 3.8) is 0 Å². The van der Waals surface area contributed by atoms with Gasteiger partial charge in [-0.3, -0.25) is 9.69 Å². The number of likely N-dealkylation sites (tertiary alicyclic amines) is 1. The lowest BCUT2D eigenvalue weighted by molar-refractivity contribution is -0.142. The second-order valence-corrected chi connectivity index (χ2v) is 6.88. The molecule has 1 N–H and O–H groups in total. The van der Waals surface area contributed by atoms with Crippen molar-refractivity contribution in [2.75, 3.05) is 0 Å². The van der Waals surface area contributed by atoms with E-state index in [4.69, 9.17) is 11.6 Å². The van der Waals surface area contributed by atoms with Gasteiger partial charge in [-0.1, -0.05) is 36.6 Å². The lowest BCUT2D eigenvalue weighted by Gasteiger charge is -2.33. The minimum Gasteiger partial charge on any atom is -0.480 e. The summed E-state index contributed by atoms with van der Waals surface area (Å²) in [5, 5.41) is 10.3. The molecule has 3 atom stereocenters. The van der Waals surface area contributed by atoms with Crippen LogP contribution in [0.25, 0.3) is 0 Å². The van der Waals surface area contributed by atoms with Gasteiger partial charge in [-0.15, -0.1) is 0 Å². The van der Waals surface area contributed by atoms with Crippen molar-refractivity contribution < 1.29 is 9.90 Å². The van der Waals surface area contributed by atoms with E-state index in [2.05, 4.69) is 4.90 Å². The largest absolute Gasteiger partial charge is 0.480 e. The van der Waals surface area contributed by atoms with Gasteiger partial charge in [0.15, 0.2) is 0 Å². The van der Waals surface area contributed by atoms with E-state index in [1.165, 1.54) is 19.3 Å². The van der Waals surface area contributed by atoms with Crippen molar-refractivity contribution in [2.24, 2.45) is 5.92 Å². The number of halogens is 1. The summed E-state index contributed by atoms with van der Waals surface area (Å²) < 4.78 is 0. The molecule has 1 heterocycles. The van der Waals surface area contributed by atoms with Gasteiger partial charge in [0, 0.05) is 17.6 Å². The smallest absolute Gasteiger partial charge is 0.320 e. The Morgan fingerprint density at radius 3 is 2.86 bits per heavy atom. The number of aryl methyl sites for hydroxylation is 1. The molecule has 0 bridgehead atoms. The predicted molar refractivity (Wildman–Crippen MR) is 83.5 cm³/mol. The summed E-state index contributed by atoms with van der Waals surface area (Å²) in [5.41, 5.74) is 2.18. The molecule has 1 aliphatic carbocycles. The first-order valence-corrected chi connectivity index (χ1v) is 8.17. The molecule has 1 saturated carbocycles. The van der Waals surface area contributed by atoms with Gasteiger partial charge in [0.25, 0.3) is 0 Å². The molecule has 1 aliphatic heterocycles. The number of carboxylic acid groups (broad SMARTS) is 1. The minimum absolute atomic E-state index is 0.351. The summed E-state index contributed by atoms with van der Waals surface area (Å²) in [7, 11) is 0. The molecule has 21 heavy (non-hydrogen) atoms. The molecule has 3 nitrogen and oxygen atoms in total. The molecule has 114 valence electrons. The third-order valence-electron chi connectivity index (χ3n) is 5.07. The van der Waals surface area contributed by atoms with Crippen molar-refractivity contribution in [1.29, 1.82) is 0 Å². The molecule has 1 aromatic rings. The summed E-state index contributed by atoms with van der Waals surface area (Å²) in [6.45, 7) is 2.67.